The third kappa shape index (κ3) is 2.55. The van der Waals surface area contributed by atoms with Gasteiger partial charge in [0.05, 0.1) is 29.8 Å². The summed E-state index contributed by atoms with van der Waals surface area (Å²) in [6.45, 7) is 3.22. The van der Waals surface area contributed by atoms with Gasteiger partial charge < -0.3 is 19.0 Å². The van der Waals surface area contributed by atoms with Crippen molar-refractivity contribution in [3.05, 3.63) is 54.1 Å². The molecule has 2 N–H and O–H groups in total. The SMILES string of the molecule is N=c1oc2cc(N3CCOCC3)ccc2cc1-c1nc2ccccc2[nH]1. The Morgan fingerprint density at radius 3 is 2.73 bits per heavy atom. The molecular formula is C20H18N4O2. The van der Waals surface area contributed by atoms with E-state index in [9.17, 15) is 0 Å². The zero-order chi connectivity index (χ0) is 17.5. The van der Waals surface area contributed by atoms with E-state index in [0.717, 1.165) is 48.4 Å². The number of aromatic nitrogens is 2. The molecule has 0 radical (unpaired) electrons. The van der Waals surface area contributed by atoms with Crippen LogP contribution in [0.5, 0.6) is 0 Å². The molecular weight excluding hydrogens is 328 g/mol. The summed E-state index contributed by atoms with van der Waals surface area (Å²) in [6.07, 6.45) is 0. The lowest BCUT2D eigenvalue weighted by molar-refractivity contribution is 0.122. The van der Waals surface area contributed by atoms with Crippen LogP contribution in [0.25, 0.3) is 33.4 Å². The molecule has 0 atom stereocenters. The Kier molecular flexibility index (Phi) is 3.50. The van der Waals surface area contributed by atoms with Crippen LogP contribution in [-0.4, -0.2) is 36.3 Å². The van der Waals surface area contributed by atoms with Crippen molar-refractivity contribution in [1.82, 2.24) is 9.97 Å². The first-order valence-corrected chi connectivity index (χ1v) is 8.68. The van der Waals surface area contributed by atoms with Crippen molar-refractivity contribution in [3.8, 4) is 11.4 Å². The highest BCUT2D eigenvalue weighted by atomic mass is 16.5. The van der Waals surface area contributed by atoms with E-state index in [2.05, 4.69) is 20.9 Å². The molecule has 5 rings (SSSR count). The van der Waals surface area contributed by atoms with Crippen molar-refractivity contribution in [1.29, 1.82) is 5.41 Å². The minimum Gasteiger partial charge on any atom is -0.438 e. The molecule has 0 spiro atoms. The van der Waals surface area contributed by atoms with Gasteiger partial charge in [0, 0.05) is 30.2 Å². The van der Waals surface area contributed by atoms with Gasteiger partial charge in [0.1, 0.15) is 11.4 Å². The van der Waals surface area contributed by atoms with Gasteiger partial charge in [0.15, 0.2) is 0 Å². The summed E-state index contributed by atoms with van der Waals surface area (Å²) >= 11 is 0. The van der Waals surface area contributed by atoms with E-state index in [-0.39, 0.29) is 5.55 Å². The van der Waals surface area contributed by atoms with Crippen LogP contribution in [0, 0.1) is 5.41 Å². The molecule has 0 bridgehead atoms. The highest BCUT2D eigenvalue weighted by Crippen LogP contribution is 2.25. The summed E-state index contributed by atoms with van der Waals surface area (Å²) in [5.74, 6) is 0.652. The Morgan fingerprint density at radius 1 is 1.04 bits per heavy atom. The fraction of sp³-hybridized carbons (Fsp3) is 0.200. The molecule has 0 aliphatic carbocycles. The van der Waals surface area contributed by atoms with E-state index < -0.39 is 0 Å². The summed E-state index contributed by atoms with van der Waals surface area (Å²) < 4.78 is 11.2. The number of hydrogen-bond acceptors (Lipinski definition) is 5. The van der Waals surface area contributed by atoms with E-state index >= 15 is 0 Å². The van der Waals surface area contributed by atoms with Crippen LogP contribution < -0.4 is 10.5 Å². The minimum atomic E-state index is 0.107. The predicted molar refractivity (Wildman–Crippen MR) is 100 cm³/mol. The average Bonchev–Trinajstić information content (AvgIpc) is 3.11. The second-order valence-corrected chi connectivity index (χ2v) is 6.41. The van der Waals surface area contributed by atoms with Gasteiger partial charge in [-0.1, -0.05) is 12.1 Å². The lowest BCUT2D eigenvalue weighted by atomic mass is 10.1. The number of imidazole rings is 1. The maximum atomic E-state index is 8.32. The first kappa shape index (κ1) is 15.2. The summed E-state index contributed by atoms with van der Waals surface area (Å²) in [5, 5.41) is 9.27. The van der Waals surface area contributed by atoms with Gasteiger partial charge >= 0.3 is 0 Å². The van der Waals surface area contributed by atoms with Crippen LogP contribution in [0.4, 0.5) is 5.69 Å². The largest absolute Gasteiger partial charge is 0.438 e. The fourth-order valence-electron chi connectivity index (χ4n) is 3.39. The van der Waals surface area contributed by atoms with Gasteiger partial charge in [-0.25, -0.2) is 4.98 Å². The van der Waals surface area contributed by atoms with Gasteiger partial charge in [0.2, 0.25) is 5.55 Å². The van der Waals surface area contributed by atoms with Crippen molar-refractivity contribution in [2.45, 2.75) is 0 Å². The lowest BCUT2D eigenvalue weighted by Gasteiger charge is -2.28. The molecule has 2 aromatic heterocycles. The van der Waals surface area contributed by atoms with E-state index in [4.69, 9.17) is 14.6 Å². The summed E-state index contributed by atoms with van der Waals surface area (Å²) in [4.78, 5) is 10.1. The number of ether oxygens (including phenoxy) is 1. The van der Waals surface area contributed by atoms with Crippen LogP contribution in [0.15, 0.2) is 52.9 Å². The maximum Gasteiger partial charge on any atom is 0.223 e. The molecule has 0 saturated carbocycles. The van der Waals surface area contributed by atoms with Crippen LogP contribution in [-0.2, 0) is 4.74 Å². The number of morpholine rings is 1. The summed E-state index contributed by atoms with van der Waals surface area (Å²) in [7, 11) is 0. The van der Waals surface area contributed by atoms with Gasteiger partial charge in [-0.3, -0.25) is 5.41 Å². The predicted octanol–water partition coefficient (Wildman–Crippen LogP) is 3.29. The smallest absolute Gasteiger partial charge is 0.223 e. The van der Waals surface area contributed by atoms with Gasteiger partial charge in [-0.2, -0.15) is 0 Å². The van der Waals surface area contributed by atoms with E-state index in [1.54, 1.807) is 0 Å². The van der Waals surface area contributed by atoms with E-state index in [1.807, 2.05) is 42.5 Å². The molecule has 6 nitrogen and oxygen atoms in total. The minimum absolute atomic E-state index is 0.107. The van der Waals surface area contributed by atoms with Crippen LogP contribution in [0.2, 0.25) is 0 Å². The van der Waals surface area contributed by atoms with Gasteiger partial charge in [-0.15, -0.1) is 0 Å². The monoisotopic (exact) mass is 346 g/mol. The Balaban J connectivity index is 1.59. The quantitative estimate of drug-likeness (QED) is 0.584. The Labute approximate surface area is 149 Å². The van der Waals surface area contributed by atoms with Crippen LogP contribution in [0.3, 0.4) is 0 Å². The molecule has 26 heavy (non-hydrogen) atoms. The second kappa shape index (κ2) is 6.00. The molecule has 0 amide bonds. The highest BCUT2D eigenvalue weighted by molar-refractivity contribution is 5.85. The zero-order valence-corrected chi connectivity index (χ0v) is 14.2. The highest BCUT2D eigenvalue weighted by Gasteiger charge is 2.14. The average molecular weight is 346 g/mol. The van der Waals surface area contributed by atoms with Gasteiger partial charge in [-0.05, 0) is 30.3 Å². The van der Waals surface area contributed by atoms with Crippen molar-refractivity contribution in [3.63, 3.8) is 0 Å². The number of fused-ring (bicyclic) bond motifs is 2. The number of nitrogens with one attached hydrogen (secondary N) is 2. The third-order valence-corrected chi connectivity index (χ3v) is 4.77. The molecule has 1 aliphatic heterocycles. The molecule has 130 valence electrons. The lowest BCUT2D eigenvalue weighted by Crippen LogP contribution is -2.36. The molecule has 3 heterocycles. The number of hydrogen-bond donors (Lipinski definition) is 2. The van der Waals surface area contributed by atoms with Gasteiger partial charge in [0.25, 0.3) is 0 Å². The topological polar surface area (TPSA) is 78.1 Å². The molecule has 1 fully saturated rings. The van der Waals surface area contributed by atoms with E-state index in [1.165, 1.54) is 0 Å². The Hall–Kier alpha value is -3.12. The summed E-state index contributed by atoms with van der Waals surface area (Å²) in [6, 6.07) is 15.9. The normalized spacial score (nSPS) is 15.0. The Bertz CT molecular complexity index is 1120. The van der Waals surface area contributed by atoms with Crippen molar-refractivity contribution < 1.29 is 9.15 Å². The first-order valence-electron chi connectivity index (χ1n) is 8.68. The molecule has 0 unspecified atom stereocenters. The van der Waals surface area contributed by atoms with Crippen LogP contribution >= 0.6 is 0 Å². The number of nitrogens with zero attached hydrogens (tertiary/aromatic N) is 2. The van der Waals surface area contributed by atoms with Crippen molar-refractivity contribution in [2.75, 3.05) is 31.2 Å². The third-order valence-electron chi connectivity index (χ3n) is 4.77. The molecule has 1 saturated heterocycles. The summed E-state index contributed by atoms with van der Waals surface area (Å²) in [5.41, 5.74) is 4.40. The zero-order valence-electron chi connectivity index (χ0n) is 14.2. The molecule has 6 heteroatoms. The molecule has 2 aromatic carbocycles. The Morgan fingerprint density at radius 2 is 1.88 bits per heavy atom. The number of rotatable bonds is 2. The molecule has 1 aliphatic rings. The number of H-pyrrole nitrogens is 1. The maximum absolute atomic E-state index is 8.32. The number of para-hydroxylation sites is 2. The standard InChI is InChI=1S/C20H18N4O2/c21-19-15(20-22-16-3-1-2-4-17(16)23-20)11-13-5-6-14(12-18(13)26-19)24-7-9-25-10-8-24/h1-6,11-12,21H,7-10H2,(H,22,23). The van der Waals surface area contributed by atoms with Crippen molar-refractivity contribution in [2.24, 2.45) is 0 Å². The fourth-order valence-corrected chi connectivity index (χ4v) is 3.39. The number of aromatic amines is 1. The van der Waals surface area contributed by atoms with E-state index in [0.29, 0.717) is 17.0 Å². The number of anilines is 1. The second-order valence-electron chi connectivity index (χ2n) is 6.41. The first-order chi connectivity index (χ1) is 12.8. The van der Waals surface area contributed by atoms with Crippen molar-refractivity contribution >= 4 is 27.7 Å². The number of benzene rings is 2. The molecule has 4 aromatic rings. The van der Waals surface area contributed by atoms with Crippen LogP contribution in [0.1, 0.15) is 0 Å².